The lowest BCUT2D eigenvalue weighted by Gasteiger charge is -2.30. The average Bonchev–Trinajstić information content (AvgIpc) is 2.36. The summed E-state index contributed by atoms with van der Waals surface area (Å²) in [6.45, 7) is 9.59. The number of nitriles is 1. The highest BCUT2D eigenvalue weighted by atomic mass is 15.2. The Kier molecular flexibility index (Phi) is 6.01. The monoisotopic (exact) mass is 259 g/mol. The van der Waals surface area contributed by atoms with Crippen LogP contribution >= 0.6 is 0 Å². The van der Waals surface area contributed by atoms with Crippen molar-refractivity contribution in [1.29, 1.82) is 5.26 Å². The molecule has 0 aliphatic carbocycles. The van der Waals surface area contributed by atoms with Crippen molar-refractivity contribution in [3.63, 3.8) is 0 Å². The Morgan fingerprint density at radius 1 is 1.32 bits per heavy atom. The van der Waals surface area contributed by atoms with Crippen LogP contribution in [0.1, 0.15) is 30.5 Å². The summed E-state index contributed by atoms with van der Waals surface area (Å²) in [5, 5.41) is 8.90. The van der Waals surface area contributed by atoms with E-state index in [1.807, 2.05) is 12.1 Å². The summed E-state index contributed by atoms with van der Waals surface area (Å²) in [5.74, 6) is 0. The van der Waals surface area contributed by atoms with Gasteiger partial charge in [-0.1, -0.05) is 13.0 Å². The second-order valence-electron chi connectivity index (χ2n) is 5.43. The van der Waals surface area contributed by atoms with Crippen molar-refractivity contribution >= 4 is 0 Å². The zero-order chi connectivity index (χ0) is 14.4. The molecule has 0 bridgehead atoms. The number of aryl methyl sites for hydroxylation is 1. The predicted molar refractivity (Wildman–Crippen MR) is 80.0 cm³/mol. The van der Waals surface area contributed by atoms with Gasteiger partial charge in [0.15, 0.2) is 0 Å². The predicted octanol–water partition coefficient (Wildman–Crippen LogP) is 2.64. The van der Waals surface area contributed by atoms with Gasteiger partial charge < -0.3 is 4.90 Å². The highest BCUT2D eigenvalue weighted by Gasteiger charge is 2.14. The maximum Gasteiger partial charge on any atom is 0.0991 e. The van der Waals surface area contributed by atoms with E-state index in [1.54, 1.807) is 0 Å². The van der Waals surface area contributed by atoms with Gasteiger partial charge in [0.05, 0.1) is 11.6 Å². The van der Waals surface area contributed by atoms with Gasteiger partial charge in [-0.3, -0.25) is 4.90 Å². The lowest BCUT2D eigenvalue weighted by Crippen LogP contribution is -2.39. The molecule has 0 aromatic heterocycles. The molecule has 3 heteroatoms. The molecule has 1 unspecified atom stereocenters. The van der Waals surface area contributed by atoms with Crippen LogP contribution in [0.15, 0.2) is 18.2 Å². The molecule has 3 nitrogen and oxygen atoms in total. The first-order valence-corrected chi connectivity index (χ1v) is 6.86. The summed E-state index contributed by atoms with van der Waals surface area (Å²) in [6.07, 6.45) is 0. The minimum absolute atomic E-state index is 0.523. The first kappa shape index (κ1) is 15.7. The number of rotatable bonds is 6. The summed E-state index contributed by atoms with van der Waals surface area (Å²) >= 11 is 0. The Labute approximate surface area is 117 Å². The SMILES string of the molecule is CCN(Cc1ccc(C#N)cc1C)C(C)CN(C)C. The number of likely N-dealkylation sites (N-methyl/N-ethyl adjacent to an activating group) is 2. The molecule has 0 amide bonds. The van der Waals surface area contributed by atoms with Gasteiger partial charge in [0.2, 0.25) is 0 Å². The van der Waals surface area contributed by atoms with Gasteiger partial charge in [0.25, 0.3) is 0 Å². The van der Waals surface area contributed by atoms with E-state index in [1.165, 1.54) is 11.1 Å². The molecule has 19 heavy (non-hydrogen) atoms. The van der Waals surface area contributed by atoms with Crippen LogP contribution in [0.2, 0.25) is 0 Å². The molecule has 0 aliphatic rings. The van der Waals surface area contributed by atoms with Gasteiger partial charge in [-0.05, 0) is 57.7 Å². The average molecular weight is 259 g/mol. The summed E-state index contributed by atoms with van der Waals surface area (Å²) in [4.78, 5) is 4.69. The normalized spacial score (nSPS) is 12.7. The quantitative estimate of drug-likeness (QED) is 0.787. The van der Waals surface area contributed by atoms with Crippen molar-refractivity contribution in [2.75, 3.05) is 27.2 Å². The van der Waals surface area contributed by atoms with E-state index in [2.05, 4.69) is 56.8 Å². The van der Waals surface area contributed by atoms with Gasteiger partial charge >= 0.3 is 0 Å². The van der Waals surface area contributed by atoms with E-state index in [-0.39, 0.29) is 0 Å². The molecule has 0 radical (unpaired) electrons. The standard InChI is InChI=1S/C16H25N3/c1-6-19(14(3)11-18(4)5)12-16-8-7-15(10-17)9-13(16)2/h7-9,14H,6,11-12H2,1-5H3. The van der Waals surface area contributed by atoms with E-state index in [0.717, 1.165) is 25.2 Å². The molecular formula is C16H25N3. The molecule has 1 aromatic rings. The van der Waals surface area contributed by atoms with Gasteiger partial charge in [-0.2, -0.15) is 5.26 Å². The maximum absolute atomic E-state index is 8.90. The van der Waals surface area contributed by atoms with E-state index in [0.29, 0.717) is 6.04 Å². The first-order valence-electron chi connectivity index (χ1n) is 6.86. The molecule has 0 aliphatic heterocycles. The Hall–Kier alpha value is -1.37. The van der Waals surface area contributed by atoms with Crippen molar-refractivity contribution in [3.05, 3.63) is 34.9 Å². The van der Waals surface area contributed by atoms with E-state index in [4.69, 9.17) is 5.26 Å². The van der Waals surface area contributed by atoms with Gasteiger partial charge in [0.1, 0.15) is 0 Å². The molecular weight excluding hydrogens is 234 g/mol. The molecule has 0 saturated heterocycles. The van der Waals surface area contributed by atoms with Crippen LogP contribution in [0.4, 0.5) is 0 Å². The van der Waals surface area contributed by atoms with Crippen molar-refractivity contribution in [2.45, 2.75) is 33.4 Å². The molecule has 1 atom stereocenters. The summed E-state index contributed by atoms with van der Waals surface area (Å²) < 4.78 is 0. The van der Waals surface area contributed by atoms with Crippen LogP contribution in [-0.2, 0) is 6.54 Å². The molecule has 1 rings (SSSR count). The smallest absolute Gasteiger partial charge is 0.0991 e. The van der Waals surface area contributed by atoms with Gasteiger partial charge in [-0.25, -0.2) is 0 Å². The first-order chi connectivity index (χ1) is 8.97. The number of hydrogen-bond donors (Lipinski definition) is 0. The lowest BCUT2D eigenvalue weighted by molar-refractivity contribution is 0.174. The fraction of sp³-hybridized carbons (Fsp3) is 0.562. The maximum atomic E-state index is 8.90. The molecule has 0 saturated carbocycles. The fourth-order valence-corrected chi connectivity index (χ4v) is 2.38. The van der Waals surface area contributed by atoms with E-state index < -0.39 is 0 Å². The zero-order valence-corrected chi connectivity index (χ0v) is 12.8. The Morgan fingerprint density at radius 3 is 2.47 bits per heavy atom. The van der Waals surface area contributed by atoms with Crippen LogP contribution in [0, 0.1) is 18.3 Å². The highest BCUT2D eigenvalue weighted by Crippen LogP contribution is 2.15. The largest absolute Gasteiger partial charge is 0.308 e. The molecule has 104 valence electrons. The minimum Gasteiger partial charge on any atom is -0.308 e. The fourth-order valence-electron chi connectivity index (χ4n) is 2.38. The van der Waals surface area contributed by atoms with Crippen molar-refractivity contribution < 1.29 is 0 Å². The molecule has 0 fully saturated rings. The van der Waals surface area contributed by atoms with Crippen LogP contribution in [0.25, 0.3) is 0 Å². The Balaban J connectivity index is 2.78. The zero-order valence-electron chi connectivity index (χ0n) is 12.8. The molecule has 0 spiro atoms. The highest BCUT2D eigenvalue weighted by molar-refractivity contribution is 5.37. The Bertz CT molecular complexity index is 446. The lowest BCUT2D eigenvalue weighted by atomic mass is 10.0. The topological polar surface area (TPSA) is 30.3 Å². The van der Waals surface area contributed by atoms with Crippen molar-refractivity contribution in [3.8, 4) is 6.07 Å². The number of hydrogen-bond acceptors (Lipinski definition) is 3. The van der Waals surface area contributed by atoms with Crippen LogP contribution in [0.3, 0.4) is 0 Å². The second-order valence-corrected chi connectivity index (χ2v) is 5.43. The van der Waals surface area contributed by atoms with E-state index >= 15 is 0 Å². The summed E-state index contributed by atoms with van der Waals surface area (Å²) in [7, 11) is 4.22. The Morgan fingerprint density at radius 2 is 2.00 bits per heavy atom. The third-order valence-corrected chi connectivity index (χ3v) is 3.50. The van der Waals surface area contributed by atoms with Gasteiger partial charge in [-0.15, -0.1) is 0 Å². The summed E-state index contributed by atoms with van der Waals surface area (Å²) in [6, 6.07) is 8.68. The van der Waals surface area contributed by atoms with Crippen LogP contribution in [-0.4, -0.2) is 43.0 Å². The van der Waals surface area contributed by atoms with Crippen LogP contribution < -0.4 is 0 Å². The molecule has 1 aromatic carbocycles. The summed E-state index contributed by atoms with van der Waals surface area (Å²) in [5.41, 5.74) is 3.26. The third kappa shape index (κ3) is 4.66. The van der Waals surface area contributed by atoms with Gasteiger partial charge in [0, 0.05) is 19.1 Å². The number of nitrogens with zero attached hydrogens (tertiary/aromatic N) is 3. The van der Waals surface area contributed by atoms with Crippen molar-refractivity contribution in [1.82, 2.24) is 9.80 Å². The third-order valence-electron chi connectivity index (χ3n) is 3.50. The van der Waals surface area contributed by atoms with Crippen molar-refractivity contribution in [2.24, 2.45) is 0 Å². The second kappa shape index (κ2) is 7.28. The number of benzene rings is 1. The minimum atomic E-state index is 0.523. The van der Waals surface area contributed by atoms with E-state index in [9.17, 15) is 0 Å². The molecule has 0 heterocycles. The van der Waals surface area contributed by atoms with Crippen LogP contribution in [0.5, 0.6) is 0 Å². The molecule has 0 N–H and O–H groups in total.